The molecule has 1 nitrogen and oxygen atoms in total. The molecule has 0 saturated carbocycles. The Kier molecular flexibility index (Phi) is 9.47. The van der Waals surface area contributed by atoms with Crippen molar-refractivity contribution in [2.75, 3.05) is 4.90 Å². The lowest BCUT2D eigenvalue weighted by molar-refractivity contribution is 0.768. The van der Waals surface area contributed by atoms with Crippen molar-refractivity contribution in [1.82, 2.24) is 0 Å². The average Bonchev–Trinajstić information content (AvgIpc) is 3.72. The summed E-state index contributed by atoms with van der Waals surface area (Å²) in [6.45, 7) is 0. The maximum Gasteiger partial charge on any atom is 0.0714 e. The fourth-order valence-corrected chi connectivity index (χ4v) is 11.4. The van der Waals surface area contributed by atoms with Crippen LogP contribution >= 0.6 is 0 Å². The lowest BCUT2D eigenvalue weighted by Gasteiger charge is -2.35. The third-order valence-corrected chi connectivity index (χ3v) is 14.3. The van der Waals surface area contributed by atoms with Gasteiger partial charge in [0.1, 0.15) is 0 Å². The van der Waals surface area contributed by atoms with E-state index >= 15 is 0 Å². The highest BCUT2D eigenvalue weighted by Crippen LogP contribution is 2.57. The van der Waals surface area contributed by atoms with Gasteiger partial charge in [-0.3, -0.25) is 0 Å². The zero-order chi connectivity index (χ0) is 45.0. The molecule has 12 aromatic rings. The Labute approximate surface area is 397 Å². The van der Waals surface area contributed by atoms with Gasteiger partial charge in [-0.2, -0.15) is 0 Å². The van der Waals surface area contributed by atoms with E-state index in [4.69, 9.17) is 0 Å². The number of benzene rings is 12. The minimum Gasteiger partial charge on any atom is -0.310 e. The molecule has 0 bridgehead atoms. The Morgan fingerprint density at radius 3 is 1.49 bits per heavy atom. The molecule has 0 unspecified atom stereocenters. The normalized spacial score (nSPS) is 12.5. The fourth-order valence-electron chi connectivity index (χ4n) is 11.4. The number of fused-ring (bicyclic) bond motifs is 7. The molecule has 68 heavy (non-hydrogen) atoms. The first-order valence-electron chi connectivity index (χ1n) is 23.6. The lowest BCUT2D eigenvalue weighted by atomic mass is 9.67. The summed E-state index contributed by atoms with van der Waals surface area (Å²) in [5, 5.41) is 7.39. The van der Waals surface area contributed by atoms with E-state index in [1.165, 1.54) is 93.5 Å². The summed E-state index contributed by atoms with van der Waals surface area (Å²) in [6, 6.07) is 101. The first-order chi connectivity index (χ1) is 33.8. The van der Waals surface area contributed by atoms with E-state index in [1.807, 2.05) is 0 Å². The molecule has 0 fully saturated rings. The Morgan fingerprint density at radius 1 is 0.265 bits per heavy atom. The van der Waals surface area contributed by atoms with Gasteiger partial charge in [0.2, 0.25) is 0 Å². The van der Waals surface area contributed by atoms with Gasteiger partial charge >= 0.3 is 0 Å². The average molecular weight is 864 g/mol. The Morgan fingerprint density at radius 2 is 0.765 bits per heavy atom. The van der Waals surface area contributed by atoms with E-state index in [9.17, 15) is 0 Å². The van der Waals surface area contributed by atoms with Gasteiger partial charge < -0.3 is 4.90 Å². The van der Waals surface area contributed by atoms with Crippen molar-refractivity contribution in [2.24, 2.45) is 0 Å². The highest BCUT2D eigenvalue weighted by molar-refractivity contribution is 6.22. The minimum absolute atomic E-state index is 0.527. The molecular weight excluding hydrogens is 819 g/mol. The monoisotopic (exact) mass is 863 g/mol. The number of nitrogens with zero attached hydrogens (tertiary/aromatic N) is 1. The van der Waals surface area contributed by atoms with Gasteiger partial charge in [-0.05, 0) is 130 Å². The van der Waals surface area contributed by atoms with Crippen LogP contribution in [0.15, 0.2) is 273 Å². The van der Waals surface area contributed by atoms with Crippen LogP contribution in [0.1, 0.15) is 22.3 Å². The zero-order valence-corrected chi connectivity index (χ0v) is 37.4. The molecule has 1 heteroatoms. The summed E-state index contributed by atoms with van der Waals surface area (Å²) >= 11 is 0. The topological polar surface area (TPSA) is 3.24 Å². The van der Waals surface area contributed by atoms with Crippen molar-refractivity contribution in [3.63, 3.8) is 0 Å². The number of hydrogen-bond acceptors (Lipinski definition) is 1. The van der Waals surface area contributed by atoms with E-state index < -0.39 is 5.41 Å². The van der Waals surface area contributed by atoms with Gasteiger partial charge in [0.25, 0.3) is 0 Å². The summed E-state index contributed by atoms with van der Waals surface area (Å²) in [5.41, 5.74) is 17.7. The molecule has 12 aromatic carbocycles. The Bertz CT molecular complexity index is 3790. The summed E-state index contributed by atoms with van der Waals surface area (Å²) < 4.78 is 0. The molecular formula is C67H45N. The molecule has 0 atom stereocenters. The van der Waals surface area contributed by atoms with Gasteiger partial charge in [-0.1, -0.05) is 237 Å². The minimum atomic E-state index is -0.527. The van der Waals surface area contributed by atoms with E-state index in [-0.39, 0.29) is 0 Å². The fraction of sp³-hybridized carbons (Fsp3) is 0.0149. The summed E-state index contributed by atoms with van der Waals surface area (Å²) in [6.07, 6.45) is 0. The third-order valence-electron chi connectivity index (χ3n) is 14.3. The Balaban J connectivity index is 1.05. The van der Waals surface area contributed by atoms with Gasteiger partial charge in [0.15, 0.2) is 0 Å². The summed E-state index contributed by atoms with van der Waals surface area (Å²) in [7, 11) is 0. The van der Waals surface area contributed by atoms with Crippen LogP contribution in [0.25, 0.3) is 76.8 Å². The van der Waals surface area contributed by atoms with Gasteiger partial charge in [0.05, 0.1) is 11.1 Å². The first kappa shape index (κ1) is 39.6. The second kappa shape index (κ2) is 16.3. The van der Waals surface area contributed by atoms with Crippen LogP contribution in [0, 0.1) is 0 Å². The molecule has 0 N–H and O–H groups in total. The molecule has 0 radical (unpaired) electrons. The summed E-state index contributed by atoms with van der Waals surface area (Å²) in [4.78, 5) is 2.48. The molecule has 0 heterocycles. The van der Waals surface area contributed by atoms with Gasteiger partial charge in [-0.15, -0.1) is 0 Å². The predicted octanol–water partition coefficient (Wildman–Crippen LogP) is 18.0. The SMILES string of the molecule is c1ccc(-c2c(-c3ccccc3)c3cc(-c4cccc(N(c5ccc6c(c5)C(c5ccccc5)(c5ccccc5)c5ccccc5-6)c5cccc6ccccc56)c4)ccc3c3ccccc23)cc1. The maximum absolute atomic E-state index is 2.48. The quantitative estimate of drug-likeness (QED) is 0.138. The molecule has 318 valence electrons. The van der Waals surface area contributed by atoms with Crippen molar-refractivity contribution in [2.45, 2.75) is 5.41 Å². The van der Waals surface area contributed by atoms with E-state index in [1.54, 1.807) is 0 Å². The molecule has 1 aliphatic carbocycles. The van der Waals surface area contributed by atoms with Crippen LogP contribution in [0.2, 0.25) is 0 Å². The third kappa shape index (κ3) is 6.24. The lowest BCUT2D eigenvalue weighted by Crippen LogP contribution is -2.28. The smallest absolute Gasteiger partial charge is 0.0714 e. The highest BCUT2D eigenvalue weighted by Gasteiger charge is 2.46. The second-order valence-electron chi connectivity index (χ2n) is 17.9. The van der Waals surface area contributed by atoms with E-state index in [0.717, 1.165) is 22.6 Å². The van der Waals surface area contributed by atoms with E-state index in [2.05, 4.69) is 278 Å². The maximum atomic E-state index is 2.48. The van der Waals surface area contributed by atoms with Crippen LogP contribution in [0.4, 0.5) is 17.1 Å². The van der Waals surface area contributed by atoms with Crippen LogP contribution < -0.4 is 4.90 Å². The molecule has 0 saturated heterocycles. The molecule has 13 rings (SSSR count). The Hall–Kier alpha value is -8.78. The van der Waals surface area contributed by atoms with Crippen molar-refractivity contribution < 1.29 is 0 Å². The summed E-state index contributed by atoms with van der Waals surface area (Å²) in [5.74, 6) is 0. The van der Waals surface area contributed by atoms with Crippen molar-refractivity contribution >= 4 is 49.4 Å². The molecule has 0 aliphatic heterocycles. The van der Waals surface area contributed by atoms with Crippen molar-refractivity contribution in [1.29, 1.82) is 0 Å². The predicted molar refractivity (Wildman–Crippen MR) is 287 cm³/mol. The number of rotatable bonds is 8. The standard InChI is InChI=1S/C67H45N/c1-5-22-47(23-6-1)65-60-36-16-15-34-56(60)57-41-39-50(44-61(57)66(65)48-24-7-2-8-25-48)49-27-19-32-53(43-49)68(64-38-20-26-46-21-13-14-33-55(46)64)54-40-42-59-58-35-17-18-37-62(58)67(63(59)45-54,51-28-9-3-10-29-51)52-30-11-4-12-31-52/h1-45H. The highest BCUT2D eigenvalue weighted by atomic mass is 15.1. The van der Waals surface area contributed by atoms with Crippen LogP contribution in [0.5, 0.6) is 0 Å². The molecule has 1 aliphatic rings. The van der Waals surface area contributed by atoms with Gasteiger partial charge in [0, 0.05) is 16.8 Å². The van der Waals surface area contributed by atoms with E-state index in [0.29, 0.717) is 0 Å². The molecule has 0 spiro atoms. The molecule has 0 amide bonds. The molecule has 0 aromatic heterocycles. The van der Waals surface area contributed by atoms with Crippen LogP contribution in [-0.2, 0) is 5.41 Å². The largest absolute Gasteiger partial charge is 0.310 e. The second-order valence-corrected chi connectivity index (χ2v) is 17.9. The first-order valence-corrected chi connectivity index (χ1v) is 23.6. The zero-order valence-electron chi connectivity index (χ0n) is 37.4. The number of anilines is 3. The number of hydrogen-bond donors (Lipinski definition) is 0. The van der Waals surface area contributed by atoms with Crippen molar-refractivity contribution in [3.8, 4) is 44.5 Å². The van der Waals surface area contributed by atoms with Crippen LogP contribution in [-0.4, -0.2) is 0 Å². The van der Waals surface area contributed by atoms with Gasteiger partial charge in [-0.25, -0.2) is 0 Å². The van der Waals surface area contributed by atoms with Crippen molar-refractivity contribution in [3.05, 3.63) is 295 Å². The van der Waals surface area contributed by atoms with Crippen LogP contribution in [0.3, 0.4) is 0 Å².